The molecule has 1 amide bonds. The maximum atomic E-state index is 12.5. The highest BCUT2D eigenvalue weighted by atomic mass is 16.5. The normalized spacial score (nSPS) is 17.9. The first-order valence-electron chi connectivity index (χ1n) is 8.25. The first-order valence-corrected chi connectivity index (χ1v) is 8.25. The largest absolute Gasteiger partial charge is 0.481 e. The van der Waals surface area contributed by atoms with Crippen molar-refractivity contribution >= 4 is 5.91 Å². The average molecular weight is 309 g/mol. The van der Waals surface area contributed by atoms with Crippen molar-refractivity contribution < 1.29 is 9.53 Å². The van der Waals surface area contributed by atoms with Crippen LogP contribution in [0.5, 0.6) is 5.75 Å². The molecule has 0 spiro atoms. The molecule has 0 saturated carbocycles. The highest BCUT2D eigenvalue weighted by molar-refractivity contribution is 5.81. The Bertz CT molecular complexity index is 696. The van der Waals surface area contributed by atoms with E-state index in [0.29, 0.717) is 0 Å². The number of carbonyl (C=O) groups is 1. The van der Waals surface area contributed by atoms with Crippen LogP contribution in [0.4, 0.5) is 0 Å². The van der Waals surface area contributed by atoms with Crippen LogP contribution in [0.25, 0.3) is 0 Å². The van der Waals surface area contributed by atoms with E-state index >= 15 is 0 Å². The number of rotatable bonds is 4. The van der Waals surface area contributed by atoms with Gasteiger partial charge in [-0.3, -0.25) is 4.79 Å². The van der Waals surface area contributed by atoms with E-state index in [4.69, 9.17) is 4.74 Å². The molecule has 120 valence electrons. The predicted octanol–water partition coefficient (Wildman–Crippen LogP) is 3.96. The number of fused-ring (bicyclic) bond motifs is 1. The Kier molecular flexibility index (Phi) is 4.65. The van der Waals surface area contributed by atoms with Gasteiger partial charge in [-0.25, -0.2) is 0 Å². The van der Waals surface area contributed by atoms with Crippen LogP contribution in [0.15, 0.2) is 48.5 Å². The lowest BCUT2D eigenvalue weighted by molar-refractivity contribution is -0.128. The van der Waals surface area contributed by atoms with E-state index in [9.17, 15) is 4.79 Å². The third-order valence-electron chi connectivity index (χ3n) is 4.45. The highest BCUT2D eigenvalue weighted by Gasteiger charge is 2.24. The molecule has 2 atom stereocenters. The molecule has 3 nitrogen and oxygen atoms in total. The minimum absolute atomic E-state index is 0.0602. The molecule has 0 bridgehead atoms. The molecule has 0 radical (unpaired) electrons. The first kappa shape index (κ1) is 15.6. The topological polar surface area (TPSA) is 38.3 Å². The summed E-state index contributed by atoms with van der Waals surface area (Å²) >= 11 is 0. The third-order valence-corrected chi connectivity index (χ3v) is 4.45. The summed E-state index contributed by atoms with van der Waals surface area (Å²) in [5, 5.41) is 3.15. The van der Waals surface area contributed by atoms with Crippen molar-refractivity contribution in [3.05, 3.63) is 65.2 Å². The molecule has 23 heavy (non-hydrogen) atoms. The zero-order valence-electron chi connectivity index (χ0n) is 13.7. The summed E-state index contributed by atoms with van der Waals surface area (Å²) in [5.74, 6) is 0.703. The van der Waals surface area contributed by atoms with Gasteiger partial charge in [-0.2, -0.15) is 0 Å². The van der Waals surface area contributed by atoms with Crippen LogP contribution >= 0.6 is 0 Å². The van der Waals surface area contributed by atoms with E-state index < -0.39 is 6.10 Å². The van der Waals surface area contributed by atoms with Gasteiger partial charge in [-0.05, 0) is 55.9 Å². The van der Waals surface area contributed by atoms with Gasteiger partial charge >= 0.3 is 0 Å². The molecule has 0 saturated heterocycles. The Morgan fingerprint density at radius 1 is 1.17 bits per heavy atom. The van der Waals surface area contributed by atoms with Crippen LogP contribution < -0.4 is 10.1 Å². The second-order valence-corrected chi connectivity index (χ2v) is 6.18. The van der Waals surface area contributed by atoms with Crippen molar-refractivity contribution in [1.82, 2.24) is 5.32 Å². The fourth-order valence-electron chi connectivity index (χ4n) is 3.13. The second kappa shape index (κ2) is 6.86. The molecule has 3 rings (SSSR count). The van der Waals surface area contributed by atoms with Crippen LogP contribution in [0, 0.1) is 6.92 Å². The van der Waals surface area contributed by atoms with Crippen LogP contribution in [-0.2, 0) is 11.2 Å². The Hall–Kier alpha value is -2.29. The summed E-state index contributed by atoms with van der Waals surface area (Å²) in [6, 6.07) is 16.2. The van der Waals surface area contributed by atoms with E-state index in [-0.39, 0.29) is 11.9 Å². The number of aryl methyl sites for hydroxylation is 2. The molecule has 3 heteroatoms. The fourth-order valence-corrected chi connectivity index (χ4v) is 3.13. The summed E-state index contributed by atoms with van der Waals surface area (Å²) in [6.45, 7) is 3.79. The molecule has 2 unspecified atom stereocenters. The van der Waals surface area contributed by atoms with E-state index in [2.05, 4.69) is 23.5 Å². The number of ether oxygens (including phenoxy) is 1. The highest BCUT2D eigenvalue weighted by Crippen LogP contribution is 2.29. The Morgan fingerprint density at radius 2 is 1.91 bits per heavy atom. The zero-order valence-corrected chi connectivity index (χ0v) is 13.7. The van der Waals surface area contributed by atoms with Crippen LogP contribution in [0.2, 0.25) is 0 Å². The fraction of sp³-hybridized carbons (Fsp3) is 0.350. The molecule has 0 aromatic heterocycles. The van der Waals surface area contributed by atoms with Crippen molar-refractivity contribution in [2.75, 3.05) is 0 Å². The molecule has 0 fully saturated rings. The smallest absolute Gasteiger partial charge is 0.261 e. The van der Waals surface area contributed by atoms with Gasteiger partial charge in [0.25, 0.3) is 5.91 Å². The number of hydrogen-bond acceptors (Lipinski definition) is 2. The van der Waals surface area contributed by atoms with E-state index in [1.165, 1.54) is 11.1 Å². The number of benzene rings is 2. The Balaban J connectivity index is 1.67. The van der Waals surface area contributed by atoms with Crippen molar-refractivity contribution in [2.24, 2.45) is 0 Å². The van der Waals surface area contributed by atoms with Gasteiger partial charge in [0.1, 0.15) is 5.75 Å². The maximum absolute atomic E-state index is 12.5. The minimum Gasteiger partial charge on any atom is -0.481 e. The van der Waals surface area contributed by atoms with E-state index in [0.717, 1.165) is 30.6 Å². The lowest BCUT2D eigenvalue weighted by atomic mass is 9.87. The molecule has 0 heterocycles. The summed E-state index contributed by atoms with van der Waals surface area (Å²) in [7, 11) is 0. The average Bonchev–Trinajstić information content (AvgIpc) is 2.57. The monoisotopic (exact) mass is 309 g/mol. The first-order chi connectivity index (χ1) is 11.1. The van der Waals surface area contributed by atoms with Crippen LogP contribution in [0.3, 0.4) is 0 Å². The molecule has 2 aromatic carbocycles. The van der Waals surface area contributed by atoms with Gasteiger partial charge in [-0.15, -0.1) is 0 Å². The zero-order chi connectivity index (χ0) is 16.2. The summed E-state index contributed by atoms with van der Waals surface area (Å²) in [6.07, 6.45) is 2.68. The molecule has 1 N–H and O–H groups in total. The van der Waals surface area contributed by atoms with Crippen molar-refractivity contribution in [1.29, 1.82) is 0 Å². The molecule has 2 aromatic rings. The number of carbonyl (C=O) groups excluding carboxylic acids is 1. The van der Waals surface area contributed by atoms with Gasteiger partial charge in [0, 0.05) is 0 Å². The Labute approximate surface area is 137 Å². The van der Waals surface area contributed by atoms with Gasteiger partial charge in [0.05, 0.1) is 6.04 Å². The van der Waals surface area contributed by atoms with E-state index in [1.807, 2.05) is 37.3 Å². The van der Waals surface area contributed by atoms with Crippen molar-refractivity contribution in [2.45, 2.75) is 45.3 Å². The van der Waals surface area contributed by atoms with Gasteiger partial charge in [-0.1, -0.05) is 42.5 Å². The van der Waals surface area contributed by atoms with Crippen molar-refractivity contribution in [3.8, 4) is 5.75 Å². The lowest BCUT2D eigenvalue weighted by Gasteiger charge is -2.27. The minimum atomic E-state index is -0.509. The SMILES string of the molecule is Cc1ccccc1OC(C)C(=O)NC1CCCc2ccccc21. The molecule has 1 aliphatic rings. The van der Waals surface area contributed by atoms with Crippen LogP contribution in [0.1, 0.15) is 42.5 Å². The van der Waals surface area contributed by atoms with Crippen molar-refractivity contribution in [3.63, 3.8) is 0 Å². The summed E-state index contributed by atoms with van der Waals surface area (Å²) < 4.78 is 5.82. The standard InChI is InChI=1S/C20H23NO2/c1-14-8-3-6-13-19(14)23-15(2)20(22)21-18-12-7-10-16-9-4-5-11-17(16)18/h3-6,8-9,11,13,15,18H,7,10,12H2,1-2H3,(H,21,22). The number of hydrogen-bond donors (Lipinski definition) is 1. The van der Waals surface area contributed by atoms with E-state index in [1.54, 1.807) is 6.92 Å². The summed E-state index contributed by atoms with van der Waals surface area (Å²) in [4.78, 5) is 12.5. The van der Waals surface area contributed by atoms with Crippen LogP contribution in [-0.4, -0.2) is 12.0 Å². The number of amides is 1. The van der Waals surface area contributed by atoms with Gasteiger partial charge in [0.2, 0.25) is 0 Å². The maximum Gasteiger partial charge on any atom is 0.261 e. The molecule has 1 aliphatic carbocycles. The number of nitrogens with one attached hydrogen (secondary N) is 1. The second-order valence-electron chi connectivity index (χ2n) is 6.18. The summed E-state index contributed by atoms with van der Waals surface area (Å²) in [5.41, 5.74) is 3.63. The molecule has 0 aliphatic heterocycles. The predicted molar refractivity (Wildman–Crippen MR) is 91.5 cm³/mol. The van der Waals surface area contributed by atoms with Gasteiger partial charge < -0.3 is 10.1 Å². The Morgan fingerprint density at radius 3 is 2.74 bits per heavy atom. The lowest BCUT2D eigenvalue weighted by Crippen LogP contribution is -2.39. The van der Waals surface area contributed by atoms with Gasteiger partial charge in [0.15, 0.2) is 6.10 Å². The number of para-hydroxylation sites is 1. The third kappa shape index (κ3) is 3.55. The molecular weight excluding hydrogens is 286 g/mol. The molecular formula is C20H23NO2. The quantitative estimate of drug-likeness (QED) is 0.928.